The first-order valence-corrected chi connectivity index (χ1v) is 5.64. The van der Waals surface area contributed by atoms with E-state index in [4.69, 9.17) is 10.00 Å². The Balaban J connectivity index is 2.21. The first kappa shape index (κ1) is 10.4. The molecule has 1 aromatic heterocycles. The second-order valence-corrected chi connectivity index (χ2v) is 4.85. The van der Waals surface area contributed by atoms with Gasteiger partial charge >= 0.3 is 0 Å². The lowest BCUT2D eigenvalue weighted by Crippen LogP contribution is -2.34. The predicted molar refractivity (Wildman–Crippen MR) is 59.0 cm³/mol. The van der Waals surface area contributed by atoms with Gasteiger partial charge in [0.05, 0.1) is 17.8 Å². The van der Waals surface area contributed by atoms with Crippen LogP contribution in [0.25, 0.3) is 0 Å². The number of hydrogen-bond donors (Lipinski definition) is 1. The standard InChI is InChI=1S/C10H13N3OS/c1-7-8(5-11)9(15-13-7)12-10(2)3-4-14-6-10/h12H,3-4,6H2,1-2H3. The third-order valence-electron chi connectivity index (χ3n) is 2.61. The number of nitrogens with zero attached hydrogens (tertiary/aromatic N) is 2. The quantitative estimate of drug-likeness (QED) is 0.832. The summed E-state index contributed by atoms with van der Waals surface area (Å²) < 4.78 is 9.53. The van der Waals surface area contributed by atoms with Gasteiger partial charge in [-0.05, 0) is 31.8 Å². The van der Waals surface area contributed by atoms with Crippen LogP contribution in [0.15, 0.2) is 0 Å². The van der Waals surface area contributed by atoms with Gasteiger partial charge in [-0.1, -0.05) is 0 Å². The van der Waals surface area contributed by atoms with Crippen molar-refractivity contribution >= 4 is 16.5 Å². The number of nitrogens with one attached hydrogen (secondary N) is 1. The summed E-state index contributed by atoms with van der Waals surface area (Å²) in [5.41, 5.74) is 1.41. The maximum Gasteiger partial charge on any atom is 0.128 e. The lowest BCUT2D eigenvalue weighted by Gasteiger charge is -2.23. The molecule has 1 saturated heterocycles. The molecule has 1 atom stereocenters. The van der Waals surface area contributed by atoms with E-state index >= 15 is 0 Å². The fourth-order valence-corrected chi connectivity index (χ4v) is 2.52. The Kier molecular flexibility index (Phi) is 2.63. The molecule has 1 aromatic rings. The minimum atomic E-state index is -0.0510. The molecule has 0 radical (unpaired) electrons. The van der Waals surface area contributed by atoms with Gasteiger partial charge in [0.25, 0.3) is 0 Å². The van der Waals surface area contributed by atoms with Crippen LogP contribution in [0.1, 0.15) is 24.6 Å². The van der Waals surface area contributed by atoms with E-state index in [1.54, 1.807) is 0 Å². The Morgan fingerprint density at radius 2 is 2.47 bits per heavy atom. The highest BCUT2D eigenvalue weighted by molar-refractivity contribution is 7.10. The Hall–Kier alpha value is -1.12. The number of aromatic nitrogens is 1. The van der Waals surface area contributed by atoms with E-state index in [0.717, 1.165) is 23.7 Å². The zero-order valence-electron chi connectivity index (χ0n) is 8.83. The van der Waals surface area contributed by atoms with Crippen LogP contribution in [0.3, 0.4) is 0 Å². The predicted octanol–water partition coefficient (Wildman–Crippen LogP) is 1.91. The maximum absolute atomic E-state index is 8.99. The molecular formula is C10H13N3OS. The number of hydrogen-bond acceptors (Lipinski definition) is 5. The fourth-order valence-electron chi connectivity index (χ4n) is 1.63. The van der Waals surface area contributed by atoms with Gasteiger partial charge in [0.2, 0.25) is 0 Å². The van der Waals surface area contributed by atoms with Gasteiger partial charge in [-0.15, -0.1) is 0 Å². The van der Waals surface area contributed by atoms with Crippen molar-refractivity contribution in [2.75, 3.05) is 18.5 Å². The molecule has 0 spiro atoms. The zero-order chi connectivity index (χ0) is 10.9. The maximum atomic E-state index is 8.99. The molecule has 1 aliphatic rings. The number of ether oxygens (including phenoxy) is 1. The van der Waals surface area contributed by atoms with Crippen molar-refractivity contribution in [2.45, 2.75) is 25.8 Å². The van der Waals surface area contributed by atoms with E-state index in [1.807, 2.05) is 6.92 Å². The van der Waals surface area contributed by atoms with E-state index < -0.39 is 0 Å². The van der Waals surface area contributed by atoms with Crippen LogP contribution in [-0.2, 0) is 4.74 Å². The highest BCUT2D eigenvalue weighted by Gasteiger charge is 2.31. The molecule has 2 rings (SSSR count). The first-order valence-electron chi connectivity index (χ1n) is 4.87. The molecule has 0 bridgehead atoms. The van der Waals surface area contributed by atoms with Crippen molar-refractivity contribution < 1.29 is 4.74 Å². The SMILES string of the molecule is Cc1nsc(NC2(C)CCOC2)c1C#N. The Morgan fingerprint density at radius 1 is 1.67 bits per heavy atom. The van der Waals surface area contributed by atoms with Crippen LogP contribution in [0.2, 0.25) is 0 Å². The Morgan fingerprint density at radius 3 is 3.07 bits per heavy atom. The van der Waals surface area contributed by atoms with Crippen LogP contribution in [0, 0.1) is 18.3 Å². The van der Waals surface area contributed by atoms with E-state index in [2.05, 4.69) is 22.7 Å². The van der Waals surface area contributed by atoms with E-state index in [-0.39, 0.29) is 5.54 Å². The average Bonchev–Trinajstić information content (AvgIpc) is 2.75. The van der Waals surface area contributed by atoms with E-state index in [0.29, 0.717) is 12.2 Å². The summed E-state index contributed by atoms with van der Waals surface area (Å²) in [7, 11) is 0. The largest absolute Gasteiger partial charge is 0.379 e. The minimum Gasteiger partial charge on any atom is -0.379 e. The lowest BCUT2D eigenvalue weighted by atomic mass is 10.0. The lowest BCUT2D eigenvalue weighted by molar-refractivity contribution is 0.185. The van der Waals surface area contributed by atoms with E-state index in [9.17, 15) is 0 Å². The molecule has 2 heterocycles. The summed E-state index contributed by atoms with van der Waals surface area (Å²) in [6, 6.07) is 2.18. The molecule has 4 nitrogen and oxygen atoms in total. The molecule has 1 N–H and O–H groups in total. The summed E-state index contributed by atoms with van der Waals surface area (Å²) in [5.74, 6) is 0. The van der Waals surface area contributed by atoms with Gasteiger partial charge in [-0.3, -0.25) is 0 Å². The summed E-state index contributed by atoms with van der Waals surface area (Å²) in [6.45, 7) is 5.43. The van der Waals surface area contributed by atoms with Crippen LogP contribution in [0.4, 0.5) is 5.00 Å². The number of aryl methyl sites for hydroxylation is 1. The van der Waals surface area contributed by atoms with Gasteiger partial charge < -0.3 is 10.1 Å². The van der Waals surface area contributed by atoms with Gasteiger partial charge in [0.15, 0.2) is 0 Å². The van der Waals surface area contributed by atoms with Gasteiger partial charge in [-0.2, -0.15) is 9.64 Å². The van der Waals surface area contributed by atoms with Crippen molar-refractivity contribution in [3.8, 4) is 6.07 Å². The molecular weight excluding hydrogens is 210 g/mol. The molecule has 15 heavy (non-hydrogen) atoms. The van der Waals surface area contributed by atoms with Crippen molar-refractivity contribution in [1.82, 2.24) is 4.37 Å². The molecule has 1 aliphatic heterocycles. The number of rotatable bonds is 2. The smallest absolute Gasteiger partial charge is 0.128 e. The van der Waals surface area contributed by atoms with E-state index in [1.165, 1.54) is 11.5 Å². The van der Waals surface area contributed by atoms with Crippen molar-refractivity contribution in [3.63, 3.8) is 0 Å². The monoisotopic (exact) mass is 223 g/mol. The van der Waals surface area contributed by atoms with Crippen molar-refractivity contribution in [2.24, 2.45) is 0 Å². The molecule has 0 saturated carbocycles. The Labute approximate surface area is 93.0 Å². The zero-order valence-corrected chi connectivity index (χ0v) is 9.65. The molecule has 1 unspecified atom stereocenters. The van der Waals surface area contributed by atoms with Crippen LogP contribution < -0.4 is 5.32 Å². The second-order valence-electron chi connectivity index (χ2n) is 4.07. The molecule has 0 amide bonds. The molecule has 1 fully saturated rings. The van der Waals surface area contributed by atoms with Crippen LogP contribution in [-0.4, -0.2) is 23.1 Å². The van der Waals surface area contributed by atoms with Crippen LogP contribution in [0.5, 0.6) is 0 Å². The third-order valence-corrected chi connectivity index (χ3v) is 3.46. The number of anilines is 1. The molecule has 5 heteroatoms. The van der Waals surface area contributed by atoms with Crippen LogP contribution >= 0.6 is 11.5 Å². The highest BCUT2D eigenvalue weighted by atomic mass is 32.1. The number of nitriles is 1. The van der Waals surface area contributed by atoms with Gasteiger partial charge in [0, 0.05) is 6.61 Å². The highest BCUT2D eigenvalue weighted by Crippen LogP contribution is 2.30. The van der Waals surface area contributed by atoms with Gasteiger partial charge in [0.1, 0.15) is 16.6 Å². The summed E-state index contributed by atoms with van der Waals surface area (Å²) in [4.78, 5) is 0. The molecule has 0 aliphatic carbocycles. The minimum absolute atomic E-state index is 0.0510. The third kappa shape index (κ3) is 1.96. The molecule has 80 valence electrons. The normalized spacial score (nSPS) is 25.1. The summed E-state index contributed by atoms with van der Waals surface area (Å²) >= 11 is 1.35. The second kappa shape index (κ2) is 3.80. The first-order chi connectivity index (χ1) is 7.14. The summed E-state index contributed by atoms with van der Waals surface area (Å²) in [6.07, 6.45) is 0.967. The fraction of sp³-hybridized carbons (Fsp3) is 0.600. The molecule has 0 aromatic carbocycles. The van der Waals surface area contributed by atoms with Gasteiger partial charge in [-0.25, -0.2) is 0 Å². The topological polar surface area (TPSA) is 57.9 Å². The van der Waals surface area contributed by atoms with Crippen molar-refractivity contribution in [1.29, 1.82) is 5.26 Å². The Bertz CT molecular complexity index is 401. The average molecular weight is 223 g/mol. The summed E-state index contributed by atoms with van der Waals surface area (Å²) in [5, 5.41) is 13.2. The van der Waals surface area contributed by atoms with Crippen molar-refractivity contribution in [3.05, 3.63) is 11.3 Å².